The quantitative estimate of drug-likeness (QED) is 0.738. The lowest BCUT2D eigenvalue weighted by Crippen LogP contribution is -2.02. The second kappa shape index (κ2) is 4.88. The van der Waals surface area contributed by atoms with Crippen LogP contribution in [0.5, 0.6) is 0 Å². The van der Waals surface area contributed by atoms with Gasteiger partial charge in [-0.15, -0.1) is 11.3 Å². The molecule has 2 aromatic heterocycles. The van der Waals surface area contributed by atoms with Gasteiger partial charge in [0.2, 0.25) is 0 Å². The van der Waals surface area contributed by atoms with Crippen molar-refractivity contribution in [2.75, 3.05) is 0 Å². The van der Waals surface area contributed by atoms with Crippen LogP contribution in [0.15, 0.2) is 47.4 Å². The topological polar surface area (TPSA) is 33.6 Å². The monoisotopic (exact) mass is 273 g/mol. The van der Waals surface area contributed by atoms with Gasteiger partial charge in [0.1, 0.15) is 0 Å². The van der Waals surface area contributed by atoms with E-state index in [9.17, 15) is 0 Å². The summed E-state index contributed by atoms with van der Waals surface area (Å²) in [6, 6.07) is 10.2. The fourth-order valence-corrected chi connectivity index (χ4v) is 2.65. The molecule has 0 aliphatic carbocycles. The number of H-pyrrole nitrogens is 1. The first-order chi connectivity index (χ1) is 8.84. The summed E-state index contributed by atoms with van der Waals surface area (Å²) in [5.41, 5.74) is 5.12. The van der Waals surface area contributed by atoms with Crippen LogP contribution in [0.25, 0.3) is 11.3 Å². The second-order valence-electron chi connectivity index (χ2n) is 3.91. The van der Waals surface area contributed by atoms with Gasteiger partial charge in [0.05, 0.1) is 23.4 Å². The lowest BCUT2D eigenvalue weighted by Gasteiger charge is -2.06. The number of aromatic amines is 1. The van der Waals surface area contributed by atoms with E-state index in [2.05, 4.69) is 26.7 Å². The van der Waals surface area contributed by atoms with Crippen LogP contribution in [0.3, 0.4) is 0 Å². The largest absolute Gasteiger partial charge is 0.337 e. The van der Waals surface area contributed by atoms with E-state index in [1.54, 1.807) is 11.3 Å². The molecule has 0 amide bonds. The van der Waals surface area contributed by atoms with Gasteiger partial charge in [0, 0.05) is 11.6 Å². The van der Waals surface area contributed by atoms with Crippen molar-refractivity contribution in [1.29, 1.82) is 0 Å². The van der Waals surface area contributed by atoms with E-state index in [0.717, 1.165) is 21.7 Å². The molecule has 0 aliphatic heterocycles. The molecule has 90 valence electrons. The number of nitrogens with one attached hydrogen (secondary N) is 1. The Labute approximate surface area is 114 Å². The van der Waals surface area contributed by atoms with Crippen molar-refractivity contribution >= 4 is 23.6 Å². The zero-order valence-electron chi connectivity index (χ0n) is 9.54. The maximum atomic E-state index is 5.33. The number of imidazole rings is 1. The third-order valence-corrected chi connectivity index (χ3v) is 3.71. The van der Waals surface area contributed by atoms with Gasteiger partial charge in [-0.1, -0.05) is 30.3 Å². The average Bonchev–Trinajstić information content (AvgIpc) is 3.03. The summed E-state index contributed by atoms with van der Waals surface area (Å²) >= 11 is 6.93. The SMILES string of the molecule is S=c1[nH]cc(-c2ccccc2)n1Cc1cscn1. The van der Waals surface area contributed by atoms with Crippen LogP contribution in [-0.4, -0.2) is 14.5 Å². The van der Waals surface area contributed by atoms with Crippen LogP contribution in [0.2, 0.25) is 0 Å². The van der Waals surface area contributed by atoms with Gasteiger partial charge in [-0.3, -0.25) is 0 Å². The molecule has 3 aromatic rings. The number of rotatable bonds is 3. The summed E-state index contributed by atoms with van der Waals surface area (Å²) in [5, 5.41) is 2.05. The number of nitrogens with zero attached hydrogens (tertiary/aromatic N) is 2. The number of hydrogen-bond donors (Lipinski definition) is 1. The van der Waals surface area contributed by atoms with E-state index in [-0.39, 0.29) is 0 Å². The molecule has 0 bridgehead atoms. The predicted octanol–water partition coefficient (Wildman–Crippen LogP) is 3.72. The van der Waals surface area contributed by atoms with Crippen molar-refractivity contribution < 1.29 is 0 Å². The summed E-state index contributed by atoms with van der Waals surface area (Å²) in [6.07, 6.45) is 1.95. The molecule has 1 aromatic carbocycles. The highest BCUT2D eigenvalue weighted by Crippen LogP contribution is 2.20. The average molecular weight is 273 g/mol. The standard InChI is InChI=1S/C13H11N3S2/c17-13-14-6-12(10-4-2-1-3-5-10)16(13)7-11-8-18-9-15-11/h1-6,8-9H,7H2,(H,14,17). The third-order valence-electron chi connectivity index (χ3n) is 2.74. The minimum atomic E-state index is 0.704. The van der Waals surface area contributed by atoms with Crippen LogP contribution < -0.4 is 0 Å². The van der Waals surface area contributed by atoms with Crippen molar-refractivity contribution in [3.05, 3.63) is 57.9 Å². The maximum Gasteiger partial charge on any atom is 0.177 e. The van der Waals surface area contributed by atoms with Crippen LogP contribution in [0.4, 0.5) is 0 Å². The Hall–Kier alpha value is -1.72. The summed E-state index contributed by atoms with van der Waals surface area (Å²) in [7, 11) is 0. The van der Waals surface area contributed by atoms with E-state index in [4.69, 9.17) is 12.2 Å². The molecule has 0 radical (unpaired) electrons. The van der Waals surface area contributed by atoms with E-state index >= 15 is 0 Å². The lowest BCUT2D eigenvalue weighted by atomic mass is 10.2. The Bertz CT molecular complexity index is 681. The van der Waals surface area contributed by atoms with E-state index in [1.807, 2.05) is 35.3 Å². The summed E-state index contributed by atoms with van der Waals surface area (Å²) in [6.45, 7) is 0.704. The van der Waals surface area contributed by atoms with E-state index < -0.39 is 0 Å². The fraction of sp³-hybridized carbons (Fsp3) is 0.0769. The molecule has 0 saturated heterocycles. The van der Waals surface area contributed by atoms with Gasteiger partial charge in [0.15, 0.2) is 4.77 Å². The first kappa shape index (κ1) is 11.4. The second-order valence-corrected chi connectivity index (χ2v) is 5.02. The Balaban J connectivity index is 2.04. The highest BCUT2D eigenvalue weighted by atomic mass is 32.1. The summed E-state index contributed by atoms with van der Waals surface area (Å²) in [4.78, 5) is 7.41. The minimum Gasteiger partial charge on any atom is -0.337 e. The van der Waals surface area contributed by atoms with Gasteiger partial charge in [-0.05, 0) is 17.8 Å². The van der Waals surface area contributed by atoms with Crippen molar-refractivity contribution in [2.24, 2.45) is 0 Å². The maximum absolute atomic E-state index is 5.33. The molecule has 3 nitrogen and oxygen atoms in total. The highest BCUT2D eigenvalue weighted by Gasteiger charge is 2.07. The minimum absolute atomic E-state index is 0.704. The van der Waals surface area contributed by atoms with Crippen LogP contribution in [0.1, 0.15) is 5.69 Å². The Morgan fingerprint density at radius 1 is 1.28 bits per heavy atom. The summed E-state index contributed by atoms with van der Waals surface area (Å²) < 4.78 is 2.79. The van der Waals surface area contributed by atoms with Crippen LogP contribution in [-0.2, 0) is 6.54 Å². The van der Waals surface area contributed by atoms with Gasteiger partial charge in [-0.25, -0.2) is 4.98 Å². The number of benzene rings is 1. The smallest absolute Gasteiger partial charge is 0.177 e. The first-order valence-corrected chi connectivity index (χ1v) is 6.90. The third kappa shape index (κ3) is 2.14. The number of thiazole rings is 1. The molecular weight excluding hydrogens is 262 g/mol. The predicted molar refractivity (Wildman–Crippen MR) is 76.3 cm³/mol. The zero-order valence-corrected chi connectivity index (χ0v) is 11.2. The van der Waals surface area contributed by atoms with Gasteiger partial charge in [-0.2, -0.15) is 0 Å². The van der Waals surface area contributed by atoms with Crippen LogP contribution in [0, 0.1) is 4.77 Å². The molecule has 0 fully saturated rings. The van der Waals surface area contributed by atoms with E-state index in [1.165, 1.54) is 0 Å². The van der Waals surface area contributed by atoms with Gasteiger partial charge < -0.3 is 9.55 Å². The Morgan fingerprint density at radius 2 is 2.11 bits per heavy atom. The van der Waals surface area contributed by atoms with Crippen molar-refractivity contribution in [2.45, 2.75) is 6.54 Å². The molecule has 3 rings (SSSR count). The van der Waals surface area contributed by atoms with E-state index in [0.29, 0.717) is 6.54 Å². The molecule has 5 heteroatoms. The Kier molecular flexibility index (Phi) is 3.08. The molecule has 0 aliphatic rings. The molecule has 0 atom stereocenters. The van der Waals surface area contributed by atoms with Crippen molar-refractivity contribution in [3.8, 4) is 11.3 Å². The normalized spacial score (nSPS) is 10.7. The highest BCUT2D eigenvalue weighted by molar-refractivity contribution is 7.71. The molecule has 2 heterocycles. The Morgan fingerprint density at radius 3 is 2.83 bits per heavy atom. The lowest BCUT2D eigenvalue weighted by molar-refractivity contribution is 0.773. The fourth-order valence-electron chi connectivity index (χ4n) is 1.88. The summed E-state index contributed by atoms with van der Waals surface area (Å²) in [5.74, 6) is 0. The number of aromatic nitrogens is 3. The first-order valence-electron chi connectivity index (χ1n) is 5.55. The molecule has 1 N–H and O–H groups in total. The van der Waals surface area contributed by atoms with Crippen molar-refractivity contribution in [3.63, 3.8) is 0 Å². The van der Waals surface area contributed by atoms with Gasteiger partial charge >= 0.3 is 0 Å². The van der Waals surface area contributed by atoms with Gasteiger partial charge in [0.25, 0.3) is 0 Å². The molecular formula is C13H11N3S2. The molecule has 18 heavy (non-hydrogen) atoms. The van der Waals surface area contributed by atoms with Crippen molar-refractivity contribution in [1.82, 2.24) is 14.5 Å². The van der Waals surface area contributed by atoms with Crippen LogP contribution >= 0.6 is 23.6 Å². The number of hydrogen-bond acceptors (Lipinski definition) is 3. The molecule has 0 saturated carbocycles. The molecule has 0 spiro atoms. The molecule has 0 unspecified atom stereocenters. The zero-order chi connectivity index (χ0) is 12.4.